The molecule has 0 amide bonds. The van der Waals surface area contributed by atoms with Crippen LogP contribution in [0.4, 0.5) is 0 Å². The highest BCUT2D eigenvalue weighted by atomic mass is 79.9. The van der Waals surface area contributed by atoms with E-state index < -0.39 is 0 Å². The second-order valence-corrected chi connectivity index (χ2v) is 5.89. The van der Waals surface area contributed by atoms with Crippen LogP contribution < -0.4 is 4.74 Å². The number of halogens is 2. The molecule has 0 heterocycles. The lowest BCUT2D eigenvalue weighted by Crippen LogP contribution is -2.26. The van der Waals surface area contributed by atoms with Gasteiger partial charge in [0.2, 0.25) is 0 Å². The normalized spacial score (nSPS) is 11.9. The Hall–Kier alpha value is -1.03. The average molecular weight is 385 g/mol. The van der Waals surface area contributed by atoms with Crippen LogP contribution in [-0.2, 0) is 0 Å². The van der Waals surface area contributed by atoms with Crippen molar-refractivity contribution in [3.63, 3.8) is 0 Å². The van der Waals surface area contributed by atoms with Crippen molar-refractivity contribution >= 4 is 28.6 Å². The molecule has 0 bridgehead atoms. The fraction of sp³-hybridized carbons (Fsp3) is 0.333. The van der Waals surface area contributed by atoms with Gasteiger partial charge in [-0.25, -0.2) is 0 Å². The number of rotatable bonds is 6. The third-order valence-corrected chi connectivity index (χ3v) is 3.94. The average Bonchev–Trinajstić information content (AvgIpc) is 2.49. The first kappa shape index (κ1) is 19.0. The fourth-order valence-corrected chi connectivity index (χ4v) is 2.24. The summed E-state index contributed by atoms with van der Waals surface area (Å²) in [5.41, 5.74) is 2.16. The SMILES string of the molecule is Br.CC(CCOc1ccc(Cl)cc1-c1ccccc1)N(C)C. The summed E-state index contributed by atoms with van der Waals surface area (Å²) in [6.45, 7) is 2.89. The second kappa shape index (κ2) is 9.19. The molecule has 0 aliphatic rings. The molecule has 1 atom stereocenters. The number of ether oxygens (including phenoxy) is 1. The van der Waals surface area contributed by atoms with Crippen molar-refractivity contribution in [1.82, 2.24) is 4.90 Å². The molecule has 2 aromatic rings. The van der Waals surface area contributed by atoms with E-state index in [9.17, 15) is 0 Å². The van der Waals surface area contributed by atoms with Gasteiger partial charge in [-0.05, 0) is 51.2 Å². The number of benzene rings is 2. The summed E-state index contributed by atoms with van der Waals surface area (Å²) in [5.74, 6) is 0.886. The Balaban J connectivity index is 0.00000242. The monoisotopic (exact) mass is 383 g/mol. The summed E-state index contributed by atoms with van der Waals surface area (Å²) in [6, 6.07) is 16.5. The molecule has 0 saturated carbocycles. The molecule has 120 valence electrons. The quantitative estimate of drug-likeness (QED) is 0.669. The van der Waals surface area contributed by atoms with E-state index in [1.807, 2.05) is 36.4 Å². The maximum Gasteiger partial charge on any atom is 0.127 e. The van der Waals surface area contributed by atoms with E-state index in [1.165, 1.54) is 0 Å². The van der Waals surface area contributed by atoms with Gasteiger partial charge in [-0.15, -0.1) is 17.0 Å². The van der Waals surface area contributed by atoms with Crippen molar-refractivity contribution < 1.29 is 4.74 Å². The van der Waals surface area contributed by atoms with Gasteiger partial charge in [0, 0.05) is 16.6 Å². The molecule has 2 rings (SSSR count). The van der Waals surface area contributed by atoms with Crippen LogP contribution in [0, 0.1) is 0 Å². The second-order valence-electron chi connectivity index (χ2n) is 5.46. The minimum atomic E-state index is 0. The Labute approximate surface area is 148 Å². The highest BCUT2D eigenvalue weighted by molar-refractivity contribution is 8.93. The summed E-state index contributed by atoms with van der Waals surface area (Å²) >= 11 is 6.13. The van der Waals surface area contributed by atoms with E-state index in [2.05, 4.69) is 38.1 Å². The molecular formula is C18H23BrClNO. The number of nitrogens with zero attached hydrogens (tertiary/aromatic N) is 1. The van der Waals surface area contributed by atoms with Crippen LogP contribution in [0.5, 0.6) is 5.75 Å². The summed E-state index contributed by atoms with van der Waals surface area (Å²) in [7, 11) is 4.17. The number of hydrogen-bond donors (Lipinski definition) is 0. The van der Waals surface area contributed by atoms with Gasteiger partial charge in [0.25, 0.3) is 0 Å². The minimum Gasteiger partial charge on any atom is -0.493 e. The van der Waals surface area contributed by atoms with E-state index in [0.29, 0.717) is 12.6 Å². The molecule has 0 N–H and O–H groups in total. The van der Waals surface area contributed by atoms with Gasteiger partial charge in [0.05, 0.1) is 6.61 Å². The van der Waals surface area contributed by atoms with E-state index in [0.717, 1.165) is 28.3 Å². The van der Waals surface area contributed by atoms with Crippen LogP contribution >= 0.6 is 28.6 Å². The van der Waals surface area contributed by atoms with Crippen molar-refractivity contribution in [2.75, 3.05) is 20.7 Å². The van der Waals surface area contributed by atoms with Crippen LogP contribution in [0.2, 0.25) is 5.02 Å². The topological polar surface area (TPSA) is 12.5 Å². The Bertz CT molecular complexity index is 575. The van der Waals surface area contributed by atoms with Gasteiger partial charge in [-0.1, -0.05) is 41.9 Å². The summed E-state index contributed by atoms with van der Waals surface area (Å²) in [6.07, 6.45) is 0.990. The van der Waals surface area contributed by atoms with E-state index >= 15 is 0 Å². The molecule has 0 aromatic heterocycles. The van der Waals surface area contributed by atoms with Crippen LogP contribution in [0.3, 0.4) is 0 Å². The van der Waals surface area contributed by atoms with Crippen molar-refractivity contribution in [1.29, 1.82) is 0 Å². The van der Waals surface area contributed by atoms with E-state index in [1.54, 1.807) is 0 Å². The molecule has 2 nitrogen and oxygen atoms in total. The molecule has 2 aromatic carbocycles. The van der Waals surface area contributed by atoms with Crippen LogP contribution in [0.25, 0.3) is 11.1 Å². The first-order valence-electron chi connectivity index (χ1n) is 7.22. The lowest BCUT2D eigenvalue weighted by molar-refractivity contribution is 0.234. The maximum absolute atomic E-state index is 6.13. The fourth-order valence-electron chi connectivity index (χ4n) is 2.07. The van der Waals surface area contributed by atoms with Gasteiger partial charge in [0.1, 0.15) is 5.75 Å². The lowest BCUT2D eigenvalue weighted by Gasteiger charge is -2.20. The third kappa shape index (κ3) is 5.31. The van der Waals surface area contributed by atoms with Crippen LogP contribution in [0.1, 0.15) is 13.3 Å². The lowest BCUT2D eigenvalue weighted by atomic mass is 10.0. The molecule has 0 fully saturated rings. The predicted molar refractivity (Wildman–Crippen MR) is 100 cm³/mol. The maximum atomic E-state index is 6.13. The molecular weight excluding hydrogens is 362 g/mol. The Morgan fingerprint density at radius 1 is 1.09 bits per heavy atom. The third-order valence-electron chi connectivity index (χ3n) is 3.70. The van der Waals surface area contributed by atoms with E-state index in [-0.39, 0.29) is 17.0 Å². The first-order valence-corrected chi connectivity index (χ1v) is 7.60. The standard InChI is InChI=1S/C18H22ClNO.BrH/c1-14(20(2)3)11-12-21-18-10-9-16(19)13-17(18)15-7-5-4-6-8-15;/h4-10,13-14H,11-12H2,1-3H3;1H. The van der Waals surface area contributed by atoms with Crippen LogP contribution in [-0.4, -0.2) is 31.6 Å². The predicted octanol–water partition coefficient (Wildman–Crippen LogP) is 5.30. The molecule has 1 unspecified atom stereocenters. The molecule has 0 aliphatic carbocycles. The first-order chi connectivity index (χ1) is 10.1. The zero-order valence-corrected chi connectivity index (χ0v) is 15.7. The van der Waals surface area contributed by atoms with Crippen molar-refractivity contribution in [3.05, 3.63) is 53.6 Å². The highest BCUT2D eigenvalue weighted by Crippen LogP contribution is 2.32. The molecule has 0 spiro atoms. The Morgan fingerprint density at radius 3 is 2.41 bits per heavy atom. The van der Waals surface area contributed by atoms with Gasteiger partial charge in [-0.2, -0.15) is 0 Å². The molecule has 4 heteroatoms. The highest BCUT2D eigenvalue weighted by Gasteiger charge is 2.09. The smallest absolute Gasteiger partial charge is 0.127 e. The van der Waals surface area contributed by atoms with Gasteiger partial charge >= 0.3 is 0 Å². The molecule has 0 saturated heterocycles. The Kier molecular flexibility index (Phi) is 7.94. The van der Waals surface area contributed by atoms with Gasteiger partial charge in [0.15, 0.2) is 0 Å². The van der Waals surface area contributed by atoms with Crippen molar-refractivity contribution in [3.8, 4) is 16.9 Å². The Morgan fingerprint density at radius 2 is 1.77 bits per heavy atom. The van der Waals surface area contributed by atoms with Gasteiger partial charge < -0.3 is 9.64 Å². The van der Waals surface area contributed by atoms with Crippen LogP contribution in [0.15, 0.2) is 48.5 Å². The molecule has 22 heavy (non-hydrogen) atoms. The summed E-state index contributed by atoms with van der Waals surface area (Å²) in [5, 5.41) is 0.725. The molecule has 0 radical (unpaired) electrons. The minimum absolute atomic E-state index is 0. The zero-order chi connectivity index (χ0) is 15.2. The van der Waals surface area contributed by atoms with Crippen molar-refractivity contribution in [2.24, 2.45) is 0 Å². The molecule has 0 aliphatic heterocycles. The summed E-state index contributed by atoms with van der Waals surface area (Å²) in [4.78, 5) is 2.20. The zero-order valence-electron chi connectivity index (χ0n) is 13.3. The number of hydrogen-bond acceptors (Lipinski definition) is 2. The van der Waals surface area contributed by atoms with Gasteiger partial charge in [-0.3, -0.25) is 0 Å². The van der Waals surface area contributed by atoms with Crippen molar-refractivity contribution in [2.45, 2.75) is 19.4 Å². The summed E-state index contributed by atoms with van der Waals surface area (Å²) < 4.78 is 5.98. The largest absolute Gasteiger partial charge is 0.493 e. The van der Waals surface area contributed by atoms with E-state index in [4.69, 9.17) is 16.3 Å².